The molecule has 7 nitrogen and oxygen atoms in total. The van der Waals surface area contributed by atoms with Crippen LogP contribution in [-0.4, -0.2) is 40.9 Å². The first-order valence-electron chi connectivity index (χ1n) is 9.54. The molecule has 2 N–H and O–H groups in total. The SMILES string of the molecule is CC(NC(=O)c1ccc(CN2CCCC2=O)cc1)c1ccc(OCC(=O)O)cc1. The van der Waals surface area contributed by atoms with Crippen LogP contribution < -0.4 is 10.1 Å². The molecule has 1 atom stereocenters. The highest BCUT2D eigenvalue weighted by Crippen LogP contribution is 2.19. The van der Waals surface area contributed by atoms with E-state index in [-0.39, 0.29) is 17.9 Å². The minimum Gasteiger partial charge on any atom is -0.482 e. The Morgan fingerprint density at radius 1 is 1.14 bits per heavy atom. The van der Waals surface area contributed by atoms with Crippen LogP contribution >= 0.6 is 0 Å². The van der Waals surface area contributed by atoms with Gasteiger partial charge in [-0.3, -0.25) is 9.59 Å². The van der Waals surface area contributed by atoms with E-state index in [0.29, 0.717) is 24.3 Å². The molecule has 1 fully saturated rings. The molecule has 2 aromatic carbocycles. The van der Waals surface area contributed by atoms with Gasteiger partial charge in [0.1, 0.15) is 5.75 Å². The molecule has 0 saturated carbocycles. The number of hydrogen-bond donors (Lipinski definition) is 2. The van der Waals surface area contributed by atoms with Gasteiger partial charge in [-0.2, -0.15) is 0 Å². The Morgan fingerprint density at radius 2 is 1.83 bits per heavy atom. The zero-order chi connectivity index (χ0) is 20.8. The summed E-state index contributed by atoms with van der Waals surface area (Å²) in [7, 11) is 0. The molecule has 1 aliphatic heterocycles. The lowest BCUT2D eigenvalue weighted by Gasteiger charge is -2.17. The quantitative estimate of drug-likeness (QED) is 0.715. The van der Waals surface area contributed by atoms with Gasteiger partial charge in [0.2, 0.25) is 5.91 Å². The molecule has 0 spiro atoms. The number of carbonyl (C=O) groups is 3. The number of likely N-dealkylation sites (tertiary alicyclic amines) is 1. The lowest BCUT2D eigenvalue weighted by atomic mass is 10.1. The number of nitrogens with one attached hydrogen (secondary N) is 1. The normalized spacial score (nSPS) is 14.5. The molecular weight excluding hydrogens is 372 g/mol. The maximum atomic E-state index is 12.5. The van der Waals surface area contributed by atoms with E-state index in [0.717, 1.165) is 24.1 Å². The zero-order valence-corrected chi connectivity index (χ0v) is 16.3. The van der Waals surface area contributed by atoms with Gasteiger partial charge in [-0.15, -0.1) is 0 Å². The van der Waals surface area contributed by atoms with Crippen molar-refractivity contribution in [3.8, 4) is 5.75 Å². The molecule has 29 heavy (non-hydrogen) atoms. The van der Waals surface area contributed by atoms with Gasteiger partial charge in [-0.05, 0) is 48.7 Å². The maximum Gasteiger partial charge on any atom is 0.341 e. The second-order valence-electron chi connectivity index (χ2n) is 7.06. The van der Waals surface area contributed by atoms with Crippen LogP contribution in [0.3, 0.4) is 0 Å². The third kappa shape index (κ3) is 5.57. The number of carboxylic acid groups (broad SMARTS) is 1. The summed E-state index contributed by atoms with van der Waals surface area (Å²) in [6.07, 6.45) is 1.52. The number of hydrogen-bond acceptors (Lipinski definition) is 4. The van der Waals surface area contributed by atoms with Gasteiger partial charge in [0.05, 0.1) is 6.04 Å². The minimum absolute atomic E-state index is 0.181. The smallest absolute Gasteiger partial charge is 0.341 e. The van der Waals surface area contributed by atoms with Gasteiger partial charge >= 0.3 is 5.97 Å². The summed E-state index contributed by atoms with van der Waals surface area (Å²) >= 11 is 0. The second-order valence-corrected chi connectivity index (χ2v) is 7.06. The second kappa shape index (κ2) is 9.23. The van der Waals surface area contributed by atoms with E-state index in [4.69, 9.17) is 9.84 Å². The fourth-order valence-electron chi connectivity index (χ4n) is 3.21. The molecule has 1 aliphatic rings. The third-order valence-corrected chi connectivity index (χ3v) is 4.85. The van der Waals surface area contributed by atoms with Crippen molar-refractivity contribution < 1.29 is 24.2 Å². The summed E-state index contributed by atoms with van der Waals surface area (Å²) in [5.74, 6) is -0.581. The molecule has 1 heterocycles. The summed E-state index contributed by atoms with van der Waals surface area (Å²) in [6.45, 7) is 2.85. The van der Waals surface area contributed by atoms with Gasteiger partial charge in [0.25, 0.3) is 5.91 Å². The van der Waals surface area contributed by atoms with Gasteiger partial charge in [0.15, 0.2) is 6.61 Å². The fourth-order valence-corrected chi connectivity index (χ4v) is 3.21. The molecule has 0 aliphatic carbocycles. The van der Waals surface area contributed by atoms with Crippen molar-refractivity contribution in [1.82, 2.24) is 10.2 Å². The van der Waals surface area contributed by atoms with Crippen molar-refractivity contribution in [3.63, 3.8) is 0 Å². The zero-order valence-electron chi connectivity index (χ0n) is 16.3. The monoisotopic (exact) mass is 396 g/mol. The molecule has 2 amide bonds. The number of nitrogens with zero attached hydrogens (tertiary/aromatic N) is 1. The molecule has 1 saturated heterocycles. The van der Waals surface area contributed by atoms with Crippen molar-refractivity contribution in [2.24, 2.45) is 0 Å². The molecule has 0 aromatic heterocycles. The molecule has 0 radical (unpaired) electrons. The van der Waals surface area contributed by atoms with Gasteiger partial charge in [-0.25, -0.2) is 4.79 Å². The summed E-state index contributed by atoms with van der Waals surface area (Å²) in [5, 5.41) is 11.6. The van der Waals surface area contributed by atoms with E-state index >= 15 is 0 Å². The molecule has 1 unspecified atom stereocenters. The fraction of sp³-hybridized carbons (Fsp3) is 0.318. The van der Waals surface area contributed by atoms with Crippen LogP contribution in [-0.2, 0) is 16.1 Å². The summed E-state index contributed by atoms with van der Waals surface area (Å²) in [6, 6.07) is 14.0. The lowest BCUT2D eigenvalue weighted by molar-refractivity contribution is -0.139. The molecule has 2 aromatic rings. The topological polar surface area (TPSA) is 95.9 Å². The first kappa shape index (κ1) is 20.4. The number of aliphatic carboxylic acids is 1. The van der Waals surface area contributed by atoms with Crippen LogP contribution in [0.25, 0.3) is 0 Å². The first-order chi connectivity index (χ1) is 13.9. The third-order valence-electron chi connectivity index (χ3n) is 4.85. The summed E-state index contributed by atoms with van der Waals surface area (Å²) in [4.78, 5) is 36.6. The molecular formula is C22H24N2O5. The van der Waals surface area contributed by atoms with E-state index in [1.54, 1.807) is 36.4 Å². The van der Waals surface area contributed by atoms with Crippen molar-refractivity contribution in [2.45, 2.75) is 32.4 Å². The Labute approximate surface area is 169 Å². The largest absolute Gasteiger partial charge is 0.482 e. The van der Waals surface area contributed by atoms with E-state index in [2.05, 4.69) is 5.32 Å². The van der Waals surface area contributed by atoms with Crippen LogP contribution in [0.5, 0.6) is 5.75 Å². The number of benzene rings is 2. The van der Waals surface area contributed by atoms with Gasteiger partial charge in [-0.1, -0.05) is 24.3 Å². The predicted octanol–water partition coefficient (Wildman–Crippen LogP) is 2.76. The average molecular weight is 396 g/mol. The predicted molar refractivity (Wildman–Crippen MR) is 107 cm³/mol. The Balaban J connectivity index is 1.55. The number of amides is 2. The molecule has 0 bridgehead atoms. The number of carboxylic acids is 1. The Kier molecular flexibility index (Phi) is 6.49. The van der Waals surface area contributed by atoms with Crippen molar-refractivity contribution in [2.75, 3.05) is 13.2 Å². The molecule has 152 valence electrons. The number of ether oxygens (including phenoxy) is 1. The molecule has 3 rings (SSSR count). The van der Waals surface area contributed by atoms with Gasteiger partial charge < -0.3 is 20.1 Å². The maximum absolute atomic E-state index is 12.5. The van der Waals surface area contributed by atoms with Crippen LogP contribution in [0.15, 0.2) is 48.5 Å². The number of rotatable bonds is 8. The van der Waals surface area contributed by atoms with E-state index in [1.807, 2.05) is 24.0 Å². The van der Waals surface area contributed by atoms with Crippen molar-refractivity contribution in [3.05, 3.63) is 65.2 Å². The minimum atomic E-state index is -1.03. The highest BCUT2D eigenvalue weighted by molar-refractivity contribution is 5.94. The summed E-state index contributed by atoms with van der Waals surface area (Å²) < 4.78 is 5.11. The Hall–Kier alpha value is -3.35. The van der Waals surface area contributed by atoms with Crippen LogP contribution in [0, 0.1) is 0 Å². The van der Waals surface area contributed by atoms with Gasteiger partial charge in [0, 0.05) is 25.1 Å². The van der Waals surface area contributed by atoms with Crippen LogP contribution in [0.2, 0.25) is 0 Å². The van der Waals surface area contributed by atoms with E-state index < -0.39 is 12.6 Å². The standard InChI is InChI=1S/C22H24N2O5/c1-15(17-8-10-19(11-9-17)29-14-21(26)27)23-22(28)18-6-4-16(5-7-18)13-24-12-2-3-20(24)25/h4-11,15H,2-3,12-14H2,1H3,(H,23,28)(H,26,27). The van der Waals surface area contributed by atoms with Crippen LogP contribution in [0.1, 0.15) is 47.3 Å². The Morgan fingerprint density at radius 3 is 2.41 bits per heavy atom. The highest BCUT2D eigenvalue weighted by atomic mass is 16.5. The molecule has 7 heteroatoms. The van der Waals surface area contributed by atoms with Crippen molar-refractivity contribution in [1.29, 1.82) is 0 Å². The first-order valence-corrected chi connectivity index (χ1v) is 9.54. The average Bonchev–Trinajstić information content (AvgIpc) is 3.11. The van der Waals surface area contributed by atoms with Crippen molar-refractivity contribution >= 4 is 17.8 Å². The van der Waals surface area contributed by atoms with E-state index in [9.17, 15) is 14.4 Å². The lowest BCUT2D eigenvalue weighted by Crippen LogP contribution is -2.27. The van der Waals surface area contributed by atoms with E-state index in [1.165, 1.54) is 0 Å². The highest BCUT2D eigenvalue weighted by Gasteiger charge is 2.20. The summed E-state index contributed by atoms with van der Waals surface area (Å²) in [5.41, 5.74) is 2.43. The van der Waals surface area contributed by atoms with Crippen LogP contribution in [0.4, 0.5) is 0 Å². The Bertz CT molecular complexity index is 877. The number of carbonyl (C=O) groups excluding carboxylic acids is 2.